The largest absolute Gasteiger partial charge is 0.381 e. The minimum atomic E-state index is 0.367. The van der Waals surface area contributed by atoms with Crippen molar-refractivity contribution in [3.8, 4) is 0 Å². The van der Waals surface area contributed by atoms with Crippen LogP contribution in [-0.2, 0) is 9.47 Å². The second-order valence-electron chi connectivity index (χ2n) is 4.11. The Balaban J connectivity index is 1.98. The Hall–Kier alpha value is -0.0800. The first-order chi connectivity index (χ1) is 6.33. The van der Waals surface area contributed by atoms with Gasteiger partial charge in [-0.2, -0.15) is 0 Å². The van der Waals surface area contributed by atoms with E-state index in [-0.39, 0.29) is 0 Å². The van der Waals surface area contributed by atoms with Crippen LogP contribution in [0.4, 0.5) is 0 Å². The topological polar surface area (TPSA) is 18.5 Å². The van der Waals surface area contributed by atoms with Gasteiger partial charge in [-0.3, -0.25) is 0 Å². The maximum atomic E-state index is 5.65. The van der Waals surface area contributed by atoms with Crippen LogP contribution in [0.3, 0.4) is 0 Å². The number of hydrogen-bond acceptors (Lipinski definition) is 2. The molecule has 2 nitrogen and oxygen atoms in total. The molecule has 0 aromatic carbocycles. The summed E-state index contributed by atoms with van der Waals surface area (Å²) in [5.41, 5.74) is 0.367. The fourth-order valence-electron chi connectivity index (χ4n) is 1.52. The molecular weight excluding hydrogens is 164 g/mol. The lowest BCUT2D eigenvalue weighted by Gasteiger charge is -2.40. The van der Waals surface area contributed by atoms with Gasteiger partial charge < -0.3 is 9.47 Å². The number of rotatable bonds is 7. The molecule has 1 aliphatic heterocycles. The lowest BCUT2D eigenvalue weighted by atomic mass is 9.84. The van der Waals surface area contributed by atoms with Gasteiger partial charge in [-0.1, -0.05) is 26.7 Å². The molecule has 1 heterocycles. The fourth-order valence-corrected chi connectivity index (χ4v) is 1.52. The molecule has 0 amide bonds. The van der Waals surface area contributed by atoms with Crippen molar-refractivity contribution in [2.45, 2.75) is 39.5 Å². The van der Waals surface area contributed by atoms with Crippen LogP contribution >= 0.6 is 0 Å². The van der Waals surface area contributed by atoms with E-state index in [2.05, 4.69) is 13.8 Å². The molecule has 1 saturated heterocycles. The number of hydrogen-bond donors (Lipinski definition) is 0. The third kappa shape index (κ3) is 3.28. The van der Waals surface area contributed by atoms with Crippen molar-refractivity contribution in [2.75, 3.05) is 26.4 Å². The normalized spacial score (nSPS) is 19.8. The summed E-state index contributed by atoms with van der Waals surface area (Å²) in [5, 5.41) is 0. The van der Waals surface area contributed by atoms with Crippen LogP contribution < -0.4 is 0 Å². The van der Waals surface area contributed by atoms with E-state index in [9.17, 15) is 0 Å². The average molecular weight is 186 g/mol. The van der Waals surface area contributed by atoms with E-state index in [1.807, 2.05) is 0 Å². The predicted molar refractivity (Wildman–Crippen MR) is 53.9 cm³/mol. The summed E-state index contributed by atoms with van der Waals surface area (Å²) < 4.78 is 10.9. The summed E-state index contributed by atoms with van der Waals surface area (Å²) in [7, 11) is 0. The zero-order chi connectivity index (χ0) is 9.57. The molecule has 0 N–H and O–H groups in total. The highest BCUT2D eigenvalue weighted by Crippen LogP contribution is 2.31. The molecule has 2 heteroatoms. The van der Waals surface area contributed by atoms with E-state index in [1.54, 1.807) is 0 Å². The summed E-state index contributed by atoms with van der Waals surface area (Å²) in [4.78, 5) is 0. The van der Waals surface area contributed by atoms with Gasteiger partial charge in [0.15, 0.2) is 0 Å². The Kier molecular flexibility index (Phi) is 4.74. The summed E-state index contributed by atoms with van der Waals surface area (Å²) in [5.74, 6) is 0. The smallest absolute Gasteiger partial charge is 0.0566 e. The SMILES string of the molecule is CCCCCOCC1(CC)COC1. The molecule has 1 fully saturated rings. The van der Waals surface area contributed by atoms with Crippen molar-refractivity contribution in [2.24, 2.45) is 5.41 Å². The van der Waals surface area contributed by atoms with Crippen molar-refractivity contribution in [3.05, 3.63) is 0 Å². The van der Waals surface area contributed by atoms with Crippen molar-refractivity contribution >= 4 is 0 Å². The molecule has 1 aliphatic rings. The van der Waals surface area contributed by atoms with Gasteiger partial charge in [0.25, 0.3) is 0 Å². The fraction of sp³-hybridized carbons (Fsp3) is 1.00. The Morgan fingerprint density at radius 3 is 2.46 bits per heavy atom. The van der Waals surface area contributed by atoms with Crippen LogP contribution in [0.2, 0.25) is 0 Å². The molecule has 0 bridgehead atoms. The van der Waals surface area contributed by atoms with E-state index >= 15 is 0 Å². The standard InChI is InChI=1S/C11H22O2/c1-3-5-6-7-12-8-11(4-2)9-13-10-11/h3-10H2,1-2H3. The van der Waals surface area contributed by atoms with Gasteiger partial charge in [0, 0.05) is 12.0 Å². The van der Waals surface area contributed by atoms with Crippen LogP contribution in [0, 0.1) is 5.41 Å². The Bertz CT molecular complexity index is 125. The van der Waals surface area contributed by atoms with Crippen molar-refractivity contribution in [1.29, 1.82) is 0 Å². The third-order valence-electron chi connectivity index (χ3n) is 2.87. The quantitative estimate of drug-likeness (QED) is 0.569. The predicted octanol–water partition coefficient (Wildman–Crippen LogP) is 2.62. The zero-order valence-electron chi connectivity index (χ0n) is 8.97. The highest BCUT2D eigenvalue weighted by molar-refractivity contribution is 4.83. The molecule has 0 atom stereocenters. The van der Waals surface area contributed by atoms with Gasteiger partial charge in [-0.15, -0.1) is 0 Å². The second-order valence-corrected chi connectivity index (χ2v) is 4.11. The van der Waals surface area contributed by atoms with E-state index in [0.29, 0.717) is 5.41 Å². The molecule has 13 heavy (non-hydrogen) atoms. The van der Waals surface area contributed by atoms with Crippen LogP contribution in [-0.4, -0.2) is 26.4 Å². The first-order valence-electron chi connectivity index (χ1n) is 5.48. The third-order valence-corrected chi connectivity index (χ3v) is 2.87. The second kappa shape index (κ2) is 5.61. The van der Waals surface area contributed by atoms with Crippen LogP contribution in [0.15, 0.2) is 0 Å². The van der Waals surface area contributed by atoms with E-state index in [1.165, 1.54) is 25.7 Å². The highest BCUT2D eigenvalue weighted by atomic mass is 16.5. The molecule has 0 spiro atoms. The zero-order valence-corrected chi connectivity index (χ0v) is 8.97. The Labute approximate surface area is 81.6 Å². The molecule has 0 aromatic rings. The van der Waals surface area contributed by atoms with Crippen LogP contribution in [0.5, 0.6) is 0 Å². The van der Waals surface area contributed by atoms with Gasteiger partial charge in [-0.25, -0.2) is 0 Å². The number of ether oxygens (including phenoxy) is 2. The maximum Gasteiger partial charge on any atom is 0.0566 e. The van der Waals surface area contributed by atoms with E-state index in [0.717, 1.165) is 26.4 Å². The minimum Gasteiger partial charge on any atom is -0.381 e. The first-order valence-corrected chi connectivity index (χ1v) is 5.48. The Morgan fingerprint density at radius 1 is 1.23 bits per heavy atom. The minimum absolute atomic E-state index is 0.367. The molecular formula is C11H22O2. The lowest BCUT2D eigenvalue weighted by molar-refractivity contribution is -0.150. The van der Waals surface area contributed by atoms with Gasteiger partial charge in [0.1, 0.15) is 0 Å². The molecule has 1 rings (SSSR count). The summed E-state index contributed by atoms with van der Waals surface area (Å²) in [6.07, 6.45) is 4.94. The van der Waals surface area contributed by atoms with Crippen molar-refractivity contribution in [3.63, 3.8) is 0 Å². The highest BCUT2D eigenvalue weighted by Gasteiger charge is 2.36. The molecule has 0 aromatic heterocycles. The molecule has 78 valence electrons. The maximum absolute atomic E-state index is 5.65. The summed E-state index contributed by atoms with van der Waals surface area (Å²) in [6.45, 7) is 8.06. The van der Waals surface area contributed by atoms with Crippen molar-refractivity contribution in [1.82, 2.24) is 0 Å². The van der Waals surface area contributed by atoms with Crippen LogP contribution in [0.25, 0.3) is 0 Å². The monoisotopic (exact) mass is 186 g/mol. The Morgan fingerprint density at radius 2 is 2.00 bits per heavy atom. The number of unbranched alkanes of at least 4 members (excludes halogenated alkanes) is 2. The molecule has 0 radical (unpaired) electrons. The average Bonchev–Trinajstić information content (AvgIpc) is 2.09. The molecule has 0 aliphatic carbocycles. The van der Waals surface area contributed by atoms with E-state index in [4.69, 9.17) is 9.47 Å². The first kappa shape index (κ1) is 11.0. The van der Waals surface area contributed by atoms with E-state index < -0.39 is 0 Å². The summed E-state index contributed by atoms with van der Waals surface area (Å²) in [6, 6.07) is 0. The molecule has 0 unspecified atom stereocenters. The van der Waals surface area contributed by atoms with Gasteiger partial charge in [0.05, 0.1) is 19.8 Å². The summed E-state index contributed by atoms with van der Waals surface area (Å²) >= 11 is 0. The van der Waals surface area contributed by atoms with Gasteiger partial charge in [-0.05, 0) is 12.8 Å². The van der Waals surface area contributed by atoms with Gasteiger partial charge >= 0.3 is 0 Å². The lowest BCUT2D eigenvalue weighted by Crippen LogP contribution is -2.45. The van der Waals surface area contributed by atoms with Gasteiger partial charge in [0.2, 0.25) is 0 Å². The molecule has 0 saturated carbocycles. The van der Waals surface area contributed by atoms with Crippen LogP contribution in [0.1, 0.15) is 39.5 Å². The van der Waals surface area contributed by atoms with Crippen molar-refractivity contribution < 1.29 is 9.47 Å².